The molecule has 0 unspecified atom stereocenters. The summed E-state index contributed by atoms with van der Waals surface area (Å²) in [5.74, 6) is 0.154. The first-order valence-corrected chi connectivity index (χ1v) is 10.0. The molecule has 0 saturated carbocycles. The molecule has 2 aromatic carbocycles. The molecule has 0 amide bonds. The third-order valence-electron chi connectivity index (χ3n) is 4.83. The minimum Gasteiger partial charge on any atom is -0.375 e. The normalized spacial score (nSPS) is 12.3. The first kappa shape index (κ1) is 20.2. The third-order valence-corrected chi connectivity index (χ3v) is 5.69. The van der Waals surface area contributed by atoms with Gasteiger partial charge in [0.2, 0.25) is 0 Å². The molecule has 0 aliphatic carbocycles. The molecule has 0 aliphatic rings. The summed E-state index contributed by atoms with van der Waals surface area (Å²) >= 11 is 1.36. The van der Waals surface area contributed by atoms with Crippen LogP contribution in [-0.4, -0.2) is 9.97 Å². The van der Waals surface area contributed by atoms with E-state index in [0.717, 1.165) is 16.3 Å². The number of nitrogens with one attached hydrogen (secondary N) is 1. The van der Waals surface area contributed by atoms with E-state index in [1.165, 1.54) is 17.4 Å². The maximum Gasteiger partial charge on any atom is 0.433 e. The van der Waals surface area contributed by atoms with Gasteiger partial charge in [0.1, 0.15) is 11.5 Å². The lowest BCUT2D eigenvalue weighted by Gasteiger charge is -2.29. The number of alkyl halides is 3. The fourth-order valence-electron chi connectivity index (χ4n) is 3.28. The van der Waals surface area contributed by atoms with Crippen LogP contribution in [0, 0.1) is 0 Å². The second kappa shape index (κ2) is 7.28. The molecule has 2 aromatic heterocycles. The van der Waals surface area contributed by atoms with Crippen LogP contribution in [0.3, 0.4) is 0 Å². The Bertz CT molecular complexity index is 1200. The molecule has 8 heteroatoms. The van der Waals surface area contributed by atoms with Gasteiger partial charge in [-0.05, 0) is 49.2 Å². The average Bonchev–Trinajstić information content (AvgIpc) is 3.07. The van der Waals surface area contributed by atoms with E-state index in [1.54, 1.807) is 0 Å². The summed E-state index contributed by atoms with van der Waals surface area (Å²) < 4.78 is 41.0. The first-order chi connectivity index (χ1) is 14.1. The zero-order chi connectivity index (χ0) is 21.5. The monoisotopic (exact) mass is 428 g/mol. The van der Waals surface area contributed by atoms with E-state index in [2.05, 4.69) is 15.3 Å². The Kier molecular flexibility index (Phi) is 4.89. The van der Waals surface area contributed by atoms with E-state index >= 15 is 0 Å². The molecule has 0 spiro atoms. The van der Waals surface area contributed by atoms with E-state index in [0.29, 0.717) is 21.8 Å². The summed E-state index contributed by atoms with van der Waals surface area (Å²) in [5, 5.41) is 3.65. The zero-order valence-corrected chi connectivity index (χ0v) is 17.1. The van der Waals surface area contributed by atoms with Gasteiger partial charge in [-0.1, -0.05) is 47.7 Å². The Balaban J connectivity index is 1.83. The smallest absolute Gasteiger partial charge is 0.375 e. The fraction of sp³-hybridized carbons (Fsp3) is 0.182. The van der Waals surface area contributed by atoms with E-state index in [-0.39, 0.29) is 5.82 Å². The quantitative estimate of drug-likeness (QED) is 0.400. The van der Waals surface area contributed by atoms with E-state index < -0.39 is 17.4 Å². The highest BCUT2D eigenvalue weighted by Gasteiger charge is 2.34. The number of benzene rings is 2. The van der Waals surface area contributed by atoms with E-state index in [4.69, 9.17) is 5.73 Å². The van der Waals surface area contributed by atoms with Gasteiger partial charge in [-0.15, -0.1) is 0 Å². The molecule has 0 saturated heterocycles. The predicted molar refractivity (Wildman–Crippen MR) is 115 cm³/mol. The molecule has 3 N–H and O–H groups in total. The largest absolute Gasteiger partial charge is 0.433 e. The number of pyridine rings is 1. The molecule has 4 aromatic rings. The van der Waals surface area contributed by atoms with Gasteiger partial charge < -0.3 is 11.1 Å². The van der Waals surface area contributed by atoms with Crippen molar-refractivity contribution in [1.29, 1.82) is 0 Å². The number of nitrogens with zero attached hydrogens (tertiary/aromatic N) is 2. The Labute approximate surface area is 175 Å². The molecule has 2 heterocycles. The lowest BCUT2D eigenvalue weighted by molar-refractivity contribution is -0.141. The summed E-state index contributed by atoms with van der Waals surface area (Å²) in [6, 6.07) is 17.5. The molecule has 0 atom stereocenters. The van der Waals surface area contributed by atoms with Crippen molar-refractivity contribution in [2.24, 2.45) is 0 Å². The third kappa shape index (κ3) is 3.95. The van der Waals surface area contributed by atoms with E-state index in [1.807, 2.05) is 62.4 Å². The molecule has 30 heavy (non-hydrogen) atoms. The minimum absolute atomic E-state index is 0.154. The number of nitrogen functional groups attached to an aromatic ring is 1. The molecule has 0 aliphatic heterocycles. The standard InChI is InChI=1S/C22H19F3N4S/c1-21(2,14-6-4-3-5-7-14)29-19-15(9-11-18(28-19)22(23,24)25)13-8-10-17-16(12-13)27-20(26)30-17/h3-12H,1-2H3,(H2,26,27)(H,28,29). The SMILES string of the molecule is CC(C)(Nc1nc(C(F)(F)F)ccc1-c1ccc2sc(N)nc2c1)c1ccccc1. The van der Waals surface area contributed by atoms with Crippen molar-refractivity contribution in [2.45, 2.75) is 25.6 Å². The Hall–Kier alpha value is -3.13. The zero-order valence-electron chi connectivity index (χ0n) is 16.3. The van der Waals surface area contributed by atoms with Crippen molar-refractivity contribution in [3.8, 4) is 11.1 Å². The molecule has 4 nitrogen and oxygen atoms in total. The van der Waals surface area contributed by atoms with Crippen molar-refractivity contribution in [3.05, 3.63) is 71.9 Å². The van der Waals surface area contributed by atoms with E-state index in [9.17, 15) is 13.2 Å². The topological polar surface area (TPSA) is 63.8 Å². The van der Waals surface area contributed by atoms with Gasteiger partial charge in [0.05, 0.1) is 15.8 Å². The number of aromatic nitrogens is 2. The fourth-order valence-corrected chi connectivity index (χ4v) is 4.00. The van der Waals surface area contributed by atoms with Crippen LogP contribution in [0.1, 0.15) is 25.1 Å². The summed E-state index contributed by atoms with van der Waals surface area (Å²) in [4.78, 5) is 8.22. The number of halogens is 3. The van der Waals surface area contributed by atoms with Crippen molar-refractivity contribution in [2.75, 3.05) is 11.1 Å². The summed E-state index contributed by atoms with van der Waals surface area (Å²) in [5.41, 5.74) is 7.07. The van der Waals surface area contributed by atoms with Gasteiger partial charge in [-0.2, -0.15) is 13.2 Å². The van der Waals surface area contributed by atoms with Crippen LogP contribution in [0.4, 0.5) is 24.1 Å². The minimum atomic E-state index is -4.54. The molecule has 0 fully saturated rings. The lowest BCUT2D eigenvalue weighted by Crippen LogP contribution is -2.29. The van der Waals surface area contributed by atoms with Crippen LogP contribution in [0.15, 0.2) is 60.7 Å². The highest BCUT2D eigenvalue weighted by atomic mass is 32.1. The highest BCUT2D eigenvalue weighted by Crippen LogP contribution is 2.37. The van der Waals surface area contributed by atoms with Crippen molar-refractivity contribution >= 4 is 32.5 Å². The second-order valence-corrected chi connectivity index (χ2v) is 8.50. The average molecular weight is 428 g/mol. The molecular weight excluding hydrogens is 409 g/mol. The summed E-state index contributed by atoms with van der Waals surface area (Å²) in [7, 11) is 0. The number of fused-ring (bicyclic) bond motifs is 1. The number of rotatable bonds is 4. The van der Waals surface area contributed by atoms with Crippen molar-refractivity contribution in [3.63, 3.8) is 0 Å². The van der Waals surface area contributed by atoms with Crippen LogP contribution in [-0.2, 0) is 11.7 Å². The maximum atomic E-state index is 13.4. The van der Waals surface area contributed by atoms with Crippen LogP contribution in [0.5, 0.6) is 0 Å². The predicted octanol–water partition coefficient (Wildman–Crippen LogP) is 6.31. The Morgan fingerprint density at radius 3 is 2.37 bits per heavy atom. The molecule has 0 radical (unpaired) electrons. The maximum absolute atomic E-state index is 13.4. The van der Waals surface area contributed by atoms with Gasteiger partial charge in [0, 0.05) is 5.56 Å². The number of thiazole rings is 1. The molecular formula is C22H19F3N4S. The summed E-state index contributed by atoms with van der Waals surface area (Å²) in [6.45, 7) is 3.80. The lowest BCUT2D eigenvalue weighted by atomic mass is 9.93. The van der Waals surface area contributed by atoms with Gasteiger partial charge in [0.15, 0.2) is 5.13 Å². The number of nitrogens with two attached hydrogens (primary N) is 1. The van der Waals surface area contributed by atoms with Crippen LogP contribution in [0.2, 0.25) is 0 Å². The summed E-state index contributed by atoms with van der Waals surface area (Å²) in [6.07, 6.45) is -4.54. The molecule has 0 bridgehead atoms. The van der Waals surface area contributed by atoms with Crippen molar-refractivity contribution in [1.82, 2.24) is 9.97 Å². The second-order valence-electron chi connectivity index (χ2n) is 7.44. The van der Waals surface area contributed by atoms with Gasteiger partial charge in [-0.25, -0.2) is 9.97 Å². The van der Waals surface area contributed by atoms with Crippen LogP contribution in [0.25, 0.3) is 21.3 Å². The van der Waals surface area contributed by atoms with Crippen LogP contribution < -0.4 is 11.1 Å². The molecule has 154 valence electrons. The molecule has 4 rings (SSSR count). The van der Waals surface area contributed by atoms with Gasteiger partial charge in [0.25, 0.3) is 0 Å². The number of hydrogen-bond acceptors (Lipinski definition) is 5. The van der Waals surface area contributed by atoms with Crippen molar-refractivity contribution < 1.29 is 13.2 Å². The Morgan fingerprint density at radius 1 is 0.933 bits per heavy atom. The Morgan fingerprint density at radius 2 is 1.67 bits per heavy atom. The first-order valence-electron chi connectivity index (χ1n) is 9.22. The highest BCUT2D eigenvalue weighted by molar-refractivity contribution is 7.22. The van der Waals surface area contributed by atoms with Gasteiger partial charge >= 0.3 is 6.18 Å². The number of hydrogen-bond donors (Lipinski definition) is 2. The van der Waals surface area contributed by atoms with Crippen LogP contribution >= 0.6 is 11.3 Å². The van der Waals surface area contributed by atoms with Gasteiger partial charge in [-0.3, -0.25) is 0 Å². The number of anilines is 2.